The highest BCUT2D eigenvalue weighted by atomic mass is 16.5. The Morgan fingerprint density at radius 1 is 1.24 bits per heavy atom. The fraction of sp³-hybridized carbons (Fsp3) is 0.600. The van der Waals surface area contributed by atoms with Gasteiger partial charge in [-0.1, -0.05) is 37.3 Å². The zero-order valence-corrected chi connectivity index (χ0v) is 11.3. The minimum atomic E-state index is 0.329. The first-order valence-electron chi connectivity index (χ1n) is 6.55. The molecule has 96 valence electrons. The highest BCUT2D eigenvalue weighted by molar-refractivity contribution is 5.14. The van der Waals surface area contributed by atoms with Crippen molar-refractivity contribution in [1.29, 1.82) is 0 Å². The van der Waals surface area contributed by atoms with E-state index in [0.29, 0.717) is 12.1 Å². The standard InChI is InChI=1S/C15H25NO/c1-4-15(17-3)14(16-2)12-8-11-13-9-6-5-7-10-13/h5-7,9-10,14-16H,4,8,11-12H2,1-3H3. The predicted molar refractivity (Wildman–Crippen MR) is 73.3 cm³/mol. The molecular formula is C15H25NO. The highest BCUT2D eigenvalue weighted by Gasteiger charge is 2.16. The molecule has 17 heavy (non-hydrogen) atoms. The second-order valence-electron chi connectivity index (χ2n) is 4.46. The number of rotatable bonds is 8. The van der Waals surface area contributed by atoms with E-state index in [1.165, 1.54) is 12.0 Å². The van der Waals surface area contributed by atoms with Crippen LogP contribution >= 0.6 is 0 Å². The Kier molecular flexibility index (Phi) is 6.90. The zero-order chi connectivity index (χ0) is 12.5. The van der Waals surface area contributed by atoms with Gasteiger partial charge in [0.1, 0.15) is 0 Å². The molecule has 0 aliphatic rings. The molecular weight excluding hydrogens is 210 g/mol. The summed E-state index contributed by atoms with van der Waals surface area (Å²) in [6.45, 7) is 2.18. The molecule has 0 radical (unpaired) electrons. The lowest BCUT2D eigenvalue weighted by molar-refractivity contribution is 0.0644. The van der Waals surface area contributed by atoms with E-state index in [2.05, 4.69) is 42.6 Å². The van der Waals surface area contributed by atoms with E-state index in [-0.39, 0.29) is 0 Å². The summed E-state index contributed by atoms with van der Waals surface area (Å²) < 4.78 is 5.49. The molecule has 0 fully saturated rings. The van der Waals surface area contributed by atoms with E-state index >= 15 is 0 Å². The summed E-state index contributed by atoms with van der Waals surface area (Å²) >= 11 is 0. The number of nitrogens with one attached hydrogen (secondary N) is 1. The number of hydrogen-bond acceptors (Lipinski definition) is 2. The molecule has 1 aromatic rings. The topological polar surface area (TPSA) is 21.3 Å². The molecule has 2 nitrogen and oxygen atoms in total. The fourth-order valence-corrected chi connectivity index (χ4v) is 2.30. The first-order chi connectivity index (χ1) is 8.31. The number of ether oxygens (including phenoxy) is 1. The Morgan fingerprint density at radius 3 is 2.47 bits per heavy atom. The van der Waals surface area contributed by atoms with Crippen LogP contribution < -0.4 is 5.32 Å². The lowest BCUT2D eigenvalue weighted by Crippen LogP contribution is -2.38. The monoisotopic (exact) mass is 235 g/mol. The van der Waals surface area contributed by atoms with Crippen LogP contribution in [0.4, 0.5) is 0 Å². The minimum Gasteiger partial charge on any atom is -0.380 e. The van der Waals surface area contributed by atoms with Crippen molar-refractivity contribution < 1.29 is 4.74 Å². The molecule has 1 aromatic carbocycles. The smallest absolute Gasteiger partial charge is 0.0721 e. The van der Waals surface area contributed by atoms with E-state index in [9.17, 15) is 0 Å². The van der Waals surface area contributed by atoms with Gasteiger partial charge < -0.3 is 10.1 Å². The highest BCUT2D eigenvalue weighted by Crippen LogP contribution is 2.12. The van der Waals surface area contributed by atoms with Crippen molar-refractivity contribution in [3.63, 3.8) is 0 Å². The van der Waals surface area contributed by atoms with Gasteiger partial charge in [0.2, 0.25) is 0 Å². The van der Waals surface area contributed by atoms with E-state index in [4.69, 9.17) is 4.74 Å². The van der Waals surface area contributed by atoms with Gasteiger partial charge in [0.05, 0.1) is 6.10 Å². The van der Waals surface area contributed by atoms with Crippen LogP contribution in [0.15, 0.2) is 30.3 Å². The van der Waals surface area contributed by atoms with Gasteiger partial charge in [0.15, 0.2) is 0 Å². The Hall–Kier alpha value is -0.860. The van der Waals surface area contributed by atoms with E-state index in [0.717, 1.165) is 19.3 Å². The quantitative estimate of drug-likeness (QED) is 0.748. The first-order valence-corrected chi connectivity index (χ1v) is 6.55. The maximum absolute atomic E-state index is 5.49. The van der Waals surface area contributed by atoms with Crippen LogP contribution in [0.5, 0.6) is 0 Å². The number of benzene rings is 1. The van der Waals surface area contributed by atoms with Crippen molar-refractivity contribution in [1.82, 2.24) is 5.32 Å². The lowest BCUT2D eigenvalue weighted by Gasteiger charge is -2.24. The van der Waals surface area contributed by atoms with Crippen LogP contribution in [0.1, 0.15) is 31.7 Å². The Balaban J connectivity index is 2.33. The molecule has 0 bridgehead atoms. The summed E-state index contributed by atoms with van der Waals surface area (Å²) in [5.74, 6) is 0. The molecule has 1 rings (SSSR count). The van der Waals surface area contributed by atoms with Crippen molar-refractivity contribution in [2.75, 3.05) is 14.2 Å². The number of likely N-dealkylation sites (N-methyl/N-ethyl adjacent to an activating group) is 1. The molecule has 0 amide bonds. The van der Waals surface area contributed by atoms with Gasteiger partial charge in [-0.05, 0) is 38.3 Å². The molecule has 2 unspecified atom stereocenters. The Labute approximate surface area is 105 Å². The number of hydrogen-bond donors (Lipinski definition) is 1. The van der Waals surface area contributed by atoms with Gasteiger partial charge in [-0.3, -0.25) is 0 Å². The van der Waals surface area contributed by atoms with Crippen LogP contribution in [-0.2, 0) is 11.2 Å². The second kappa shape index (κ2) is 8.26. The zero-order valence-electron chi connectivity index (χ0n) is 11.3. The average Bonchev–Trinajstić information content (AvgIpc) is 2.39. The van der Waals surface area contributed by atoms with E-state index < -0.39 is 0 Å². The van der Waals surface area contributed by atoms with Crippen molar-refractivity contribution in [3.05, 3.63) is 35.9 Å². The Bertz CT molecular complexity index is 282. The molecule has 0 spiro atoms. The Morgan fingerprint density at radius 2 is 1.94 bits per heavy atom. The van der Waals surface area contributed by atoms with Gasteiger partial charge in [0.25, 0.3) is 0 Å². The van der Waals surface area contributed by atoms with Gasteiger partial charge in [-0.25, -0.2) is 0 Å². The molecule has 0 aliphatic heterocycles. The minimum absolute atomic E-state index is 0.329. The summed E-state index contributed by atoms with van der Waals surface area (Å²) in [6.07, 6.45) is 4.91. The molecule has 0 saturated carbocycles. The van der Waals surface area contributed by atoms with Gasteiger partial charge in [-0.2, -0.15) is 0 Å². The van der Waals surface area contributed by atoms with Crippen LogP contribution in [0, 0.1) is 0 Å². The number of methoxy groups -OCH3 is 1. The predicted octanol–water partition coefficient (Wildman–Crippen LogP) is 3.02. The molecule has 2 heteroatoms. The third-order valence-electron chi connectivity index (χ3n) is 3.35. The molecule has 0 aromatic heterocycles. The lowest BCUT2D eigenvalue weighted by atomic mass is 10.00. The maximum atomic E-state index is 5.49. The first kappa shape index (κ1) is 14.2. The molecule has 0 aliphatic carbocycles. The van der Waals surface area contributed by atoms with Crippen molar-refractivity contribution in [3.8, 4) is 0 Å². The summed E-state index contributed by atoms with van der Waals surface area (Å²) in [7, 11) is 3.82. The summed E-state index contributed by atoms with van der Waals surface area (Å²) in [4.78, 5) is 0. The van der Waals surface area contributed by atoms with Crippen LogP contribution in [-0.4, -0.2) is 26.3 Å². The average molecular weight is 235 g/mol. The third-order valence-corrected chi connectivity index (χ3v) is 3.35. The fourth-order valence-electron chi connectivity index (χ4n) is 2.30. The largest absolute Gasteiger partial charge is 0.380 e. The number of aryl methyl sites for hydroxylation is 1. The van der Waals surface area contributed by atoms with Gasteiger partial charge in [-0.15, -0.1) is 0 Å². The van der Waals surface area contributed by atoms with Crippen LogP contribution in [0.2, 0.25) is 0 Å². The summed E-state index contributed by atoms with van der Waals surface area (Å²) in [5.41, 5.74) is 1.42. The van der Waals surface area contributed by atoms with E-state index in [1.807, 2.05) is 7.05 Å². The van der Waals surface area contributed by atoms with E-state index in [1.54, 1.807) is 7.11 Å². The van der Waals surface area contributed by atoms with Crippen molar-refractivity contribution >= 4 is 0 Å². The van der Waals surface area contributed by atoms with Crippen molar-refractivity contribution in [2.45, 2.75) is 44.8 Å². The van der Waals surface area contributed by atoms with Crippen LogP contribution in [0.25, 0.3) is 0 Å². The van der Waals surface area contributed by atoms with Crippen LogP contribution in [0.3, 0.4) is 0 Å². The normalized spacial score (nSPS) is 14.5. The molecule has 2 atom stereocenters. The van der Waals surface area contributed by atoms with Gasteiger partial charge >= 0.3 is 0 Å². The maximum Gasteiger partial charge on any atom is 0.0721 e. The molecule has 0 heterocycles. The summed E-state index contributed by atoms with van der Waals surface area (Å²) in [6, 6.07) is 11.1. The second-order valence-corrected chi connectivity index (χ2v) is 4.46. The van der Waals surface area contributed by atoms with Crippen molar-refractivity contribution in [2.24, 2.45) is 0 Å². The molecule has 1 N–H and O–H groups in total. The third kappa shape index (κ3) is 4.88. The van der Waals surface area contributed by atoms with Gasteiger partial charge in [0, 0.05) is 13.2 Å². The SMILES string of the molecule is CCC(OC)C(CCCc1ccccc1)NC. The molecule has 0 saturated heterocycles. The summed E-state index contributed by atoms with van der Waals surface area (Å²) in [5, 5.41) is 3.37.